The molecule has 0 aromatic carbocycles. The van der Waals surface area contributed by atoms with Crippen molar-refractivity contribution < 1.29 is 76.3 Å². The third kappa shape index (κ3) is 58.7. The predicted molar refractivity (Wildman–Crippen MR) is 192 cm³/mol. The Morgan fingerprint density at radius 3 is 0.360 bits per heavy atom. The van der Waals surface area contributed by atoms with Crippen molar-refractivity contribution >= 4 is 268 Å². The van der Waals surface area contributed by atoms with Gasteiger partial charge in [-0.1, -0.05) is 0 Å². The molecule has 1 fully saturated rings. The molecule has 1 aliphatic heterocycles. The molecule has 1 heterocycles. The zero-order valence-corrected chi connectivity index (χ0v) is 49.9. The van der Waals surface area contributed by atoms with Crippen molar-refractivity contribution in [3.63, 3.8) is 0 Å². The fraction of sp³-hybridized carbons (Fsp3) is 0.500. The van der Waals surface area contributed by atoms with Crippen molar-refractivity contribution in [3.05, 3.63) is 0 Å². The summed E-state index contributed by atoms with van der Waals surface area (Å²) in [6.07, 6.45) is 0. The molecule has 0 aromatic rings. The number of hydrogen-bond donors (Lipinski definition) is 0. The summed E-state index contributed by atoms with van der Waals surface area (Å²) in [6, 6.07) is 0. The van der Waals surface area contributed by atoms with Crippen LogP contribution >= 0.6 is 107 Å². The molecule has 0 amide bonds. The van der Waals surface area contributed by atoms with Gasteiger partial charge in [0.05, 0.1) is 0 Å². The van der Waals surface area contributed by atoms with Gasteiger partial charge in [0.1, 0.15) is 52.9 Å². The van der Waals surface area contributed by atoms with Gasteiger partial charge in [0.25, 0.3) is 0 Å². The number of esters is 8. The Morgan fingerprint density at radius 1 is 0.240 bits per heavy atom. The van der Waals surface area contributed by atoms with Crippen LogP contribution in [0.5, 0.6) is 0 Å². The topological polar surface area (TPSA) is 210 Å². The van der Waals surface area contributed by atoms with Crippen LogP contribution in [0.15, 0.2) is 0 Å². The Morgan fingerprint density at radius 2 is 0.300 bits per heavy atom. The second kappa shape index (κ2) is 57.4. The van der Waals surface area contributed by atoms with E-state index in [0.717, 1.165) is 0 Å². The number of rotatable bonds is 0. The molecule has 0 N–H and O–H groups in total. The van der Waals surface area contributed by atoms with Crippen molar-refractivity contribution in [1.29, 1.82) is 0 Å². The van der Waals surface area contributed by atoms with Crippen LogP contribution in [0.2, 0.25) is 0 Å². The van der Waals surface area contributed by atoms with Gasteiger partial charge in [0.2, 0.25) is 0 Å². The van der Waals surface area contributed by atoms with Crippen LogP contribution in [0, 0.1) is 0 Å². The van der Waals surface area contributed by atoms with E-state index in [0.29, 0.717) is 0 Å². The van der Waals surface area contributed by atoms with E-state index in [-0.39, 0.29) is 0 Å². The van der Waals surface area contributed by atoms with Crippen molar-refractivity contribution in [2.75, 3.05) is 52.9 Å². The number of cyclic esters (lactones) is 8. The van der Waals surface area contributed by atoms with Crippen molar-refractivity contribution in [2.45, 2.75) is 0 Å². The molecule has 0 spiro atoms. The molecule has 1 aliphatic rings. The van der Waals surface area contributed by atoms with Gasteiger partial charge in [-0.25, -0.2) is 38.4 Å². The van der Waals surface area contributed by atoms with Gasteiger partial charge in [-0.2, -0.15) is 0 Å². The van der Waals surface area contributed by atoms with Crippen LogP contribution in [0.4, 0.5) is 0 Å². The molecule has 0 unspecified atom stereocenters. The van der Waals surface area contributed by atoms with Gasteiger partial charge >= 0.3 is 268 Å². The van der Waals surface area contributed by atoms with Gasteiger partial charge in [-0.05, 0) is 0 Å². The molecule has 1 saturated heterocycles. The van der Waals surface area contributed by atoms with Gasteiger partial charge in [-0.3, -0.25) is 0 Å². The molecule has 34 heteroatoms. The fourth-order valence-corrected chi connectivity index (χ4v) is 1.55. The Kier molecular flexibility index (Phi) is 75.6. The molecule has 0 saturated carbocycles. The molecule has 0 bridgehead atoms. The molecule has 0 aromatic heterocycles. The van der Waals surface area contributed by atoms with Gasteiger partial charge in [0.15, 0.2) is 0 Å². The van der Waals surface area contributed by atoms with Crippen molar-refractivity contribution in [2.24, 2.45) is 0 Å². The van der Waals surface area contributed by atoms with Crippen LogP contribution in [0.3, 0.4) is 0 Å². The zero-order valence-electron chi connectivity index (χ0n) is 23.7. The average Bonchev–Trinajstić information content (AvgIpc) is 3.06. The van der Waals surface area contributed by atoms with E-state index in [9.17, 15) is 38.4 Å². The molecule has 16 nitrogen and oxygen atoms in total. The summed E-state index contributed by atoms with van der Waals surface area (Å²) in [7, 11) is 59.2. The molecule has 12 radical (unpaired) electrons. The Hall–Kier alpha value is 4.03. The van der Waals surface area contributed by atoms with E-state index < -0.39 is 214 Å². The standard InChI is InChI=1S/C16H16O16.12ClH.6Sn/c17-9-10(18)27-3-4-29-13(21)14(22)31-7-8-32-16(24)15(23)30-6-5-28-12(20)11(19)26-2-1-25-9;;;;;;;;;;;;;;;;;;/h1-8H2;12*1H;;;;;;/q;;;;;;;;;;;;;6*+2/p-12. The SMILES string of the molecule is O=C1OCCOC(=O)C(=O)OCCOC(=O)C(=O)OCCOC(=O)C(=O)OCCOC1=O.[Cl][Sn][Cl].[Cl][Sn][Cl].[Cl][Sn][Cl].[Cl][Sn][Cl].[Cl][Sn][Cl].[Cl][Sn][Cl]. The van der Waals surface area contributed by atoms with E-state index in [1.165, 1.54) is 0 Å². The molecule has 0 atom stereocenters. The first-order chi connectivity index (χ1) is 23.7. The van der Waals surface area contributed by atoms with Crippen molar-refractivity contribution in [1.82, 2.24) is 0 Å². The Bertz CT molecular complexity index is 714. The second-order valence-corrected chi connectivity index (χ2v) is 31.0. The fourth-order valence-electron chi connectivity index (χ4n) is 1.55. The Labute approximate surface area is 390 Å². The number of carbonyl (C=O) groups excluding carboxylic acids is 8. The molecule has 0 aliphatic carbocycles. The van der Waals surface area contributed by atoms with Crippen LogP contribution in [0.25, 0.3) is 0 Å². The quantitative estimate of drug-likeness (QED) is 0.148. The van der Waals surface area contributed by atoms with E-state index in [2.05, 4.69) is 37.9 Å². The number of carbonyl (C=O) groups is 8. The third-order valence-electron chi connectivity index (χ3n) is 2.87. The summed E-state index contributed by atoms with van der Waals surface area (Å²) in [5.74, 6) is -11.8. The van der Waals surface area contributed by atoms with Crippen LogP contribution in [0.1, 0.15) is 0 Å². The van der Waals surface area contributed by atoms with Crippen LogP contribution in [-0.2, 0) is 76.3 Å². The molecular weight excluding hydrogens is 1590 g/mol. The van der Waals surface area contributed by atoms with E-state index in [1.807, 2.05) is 0 Å². The first-order valence-corrected chi connectivity index (χ1v) is 54.2. The van der Waals surface area contributed by atoms with Gasteiger partial charge in [0, 0.05) is 0 Å². The molecule has 284 valence electrons. The molecule has 1 rings (SSSR count). The summed E-state index contributed by atoms with van der Waals surface area (Å²) in [4.78, 5) is 90.8. The summed E-state index contributed by atoms with van der Waals surface area (Å²) in [6.45, 7) is -4.94. The summed E-state index contributed by atoms with van der Waals surface area (Å²) in [5.41, 5.74) is 0. The van der Waals surface area contributed by atoms with Crippen LogP contribution < -0.4 is 0 Å². The van der Waals surface area contributed by atoms with Crippen LogP contribution in [-0.4, -0.2) is 214 Å². The maximum absolute atomic E-state index is 11.3. The average molecular weight is 1600 g/mol. The molecule has 50 heavy (non-hydrogen) atoms. The minimum atomic E-state index is -1.47. The maximum atomic E-state index is 11.3. The van der Waals surface area contributed by atoms with Crippen molar-refractivity contribution in [3.8, 4) is 0 Å². The third-order valence-corrected chi connectivity index (χ3v) is 2.87. The monoisotopic (exact) mass is 1600 g/mol. The van der Waals surface area contributed by atoms with E-state index in [4.69, 9.17) is 107 Å². The van der Waals surface area contributed by atoms with E-state index >= 15 is 0 Å². The Balaban J connectivity index is -0.000000224. The summed E-state index contributed by atoms with van der Waals surface area (Å²) in [5, 5.41) is 0. The summed E-state index contributed by atoms with van der Waals surface area (Å²) >= 11 is -4.95. The van der Waals surface area contributed by atoms with Gasteiger partial charge in [-0.15, -0.1) is 0 Å². The van der Waals surface area contributed by atoms with E-state index in [1.54, 1.807) is 0 Å². The second-order valence-electron chi connectivity index (χ2n) is 5.52. The number of halogens is 12. The first kappa shape index (κ1) is 65.9. The first-order valence-electron chi connectivity index (χ1n) is 10.8. The number of hydrogen-bond acceptors (Lipinski definition) is 16. The van der Waals surface area contributed by atoms with Gasteiger partial charge < -0.3 is 37.9 Å². The zero-order chi connectivity index (χ0) is 40.2. The number of ether oxygens (including phenoxy) is 8. The predicted octanol–water partition coefficient (Wildman–Crippen LogP) is 2.33. The minimum absolute atomic E-state index is 0.618. The normalized spacial score (nSPS) is 14.6. The summed E-state index contributed by atoms with van der Waals surface area (Å²) < 4.78 is 35.3. The molecular formula is C16H16Cl12O16Sn6.